The fourth-order valence-corrected chi connectivity index (χ4v) is 1.15. The lowest BCUT2D eigenvalue weighted by Crippen LogP contribution is -2.24. The van der Waals surface area contributed by atoms with E-state index in [0.717, 1.165) is 0 Å². The first-order valence-corrected chi connectivity index (χ1v) is 5.01. The summed E-state index contributed by atoms with van der Waals surface area (Å²) >= 11 is 0. The van der Waals surface area contributed by atoms with Crippen molar-refractivity contribution in [3.05, 3.63) is 29.8 Å². The number of ether oxygens (including phenoxy) is 2. The quantitative estimate of drug-likeness (QED) is 0.854. The highest BCUT2D eigenvalue weighted by atomic mass is 19.4. The summed E-state index contributed by atoms with van der Waals surface area (Å²) in [6, 6.07) is 5.45. The van der Waals surface area contributed by atoms with Crippen molar-refractivity contribution >= 4 is 17.6 Å². The Kier molecular flexibility index (Phi) is 4.87. The van der Waals surface area contributed by atoms with Crippen LogP contribution in [0.3, 0.4) is 0 Å². The topological polar surface area (TPSA) is 64.6 Å². The van der Waals surface area contributed by atoms with Gasteiger partial charge >= 0.3 is 12.3 Å². The third-order valence-electron chi connectivity index (χ3n) is 1.96. The lowest BCUT2D eigenvalue weighted by atomic mass is 10.2. The van der Waals surface area contributed by atoms with Crippen LogP contribution in [-0.2, 0) is 14.3 Å². The standard InChI is InChI=1S/C11H10F3NO4/c1-18-10(17)7-2-4-8(5-3-7)15-9(16)6-19-11(12,13)14/h2-5H,6H2,1H3,(H,15,16). The number of anilines is 1. The van der Waals surface area contributed by atoms with Gasteiger partial charge in [-0.15, -0.1) is 13.2 Å². The van der Waals surface area contributed by atoms with Crippen LogP contribution in [0, 0.1) is 0 Å². The van der Waals surface area contributed by atoms with Crippen LogP contribution in [-0.4, -0.2) is 32.0 Å². The molecule has 0 bridgehead atoms. The van der Waals surface area contributed by atoms with Gasteiger partial charge < -0.3 is 10.1 Å². The zero-order valence-corrected chi connectivity index (χ0v) is 9.78. The molecule has 1 N–H and O–H groups in total. The molecule has 1 rings (SSSR count). The fourth-order valence-electron chi connectivity index (χ4n) is 1.15. The van der Waals surface area contributed by atoms with Gasteiger partial charge in [-0.1, -0.05) is 0 Å². The third kappa shape index (κ3) is 5.38. The van der Waals surface area contributed by atoms with E-state index in [4.69, 9.17) is 0 Å². The van der Waals surface area contributed by atoms with E-state index in [2.05, 4.69) is 14.8 Å². The van der Waals surface area contributed by atoms with E-state index in [9.17, 15) is 22.8 Å². The summed E-state index contributed by atoms with van der Waals surface area (Å²) < 4.78 is 42.9. The molecule has 0 unspecified atom stereocenters. The molecular weight excluding hydrogens is 267 g/mol. The Morgan fingerprint density at radius 3 is 2.26 bits per heavy atom. The molecule has 0 aliphatic rings. The molecule has 0 spiro atoms. The zero-order chi connectivity index (χ0) is 14.5. The van der Waals surface area contributed by atoms with Crippen molar-refractivity contribution in [3.63, 3.8) is 0 Å². The summed E-state index contributed by atoms with van der Waals surface area (Å²) in [5, 5.41) is 2.18. The van der Waals surface area contributed by atoms with Crippen LogP contribution in [0.25, 0.3) is 0 Å². The van der Waals surface area contributed by atoms with Crippen LogP contribution in [0.4, 0.5) is 18.9 Å². The molecule has 0 heterocycles. The number of alkyl halides is 3. The molecule has 0 atom stereocenters. The Hall–Kier alpha value is -2.09. The number of benzene rings is 1. The number of amides is 1. The molecule has 0 aromatic heterocycles. The highest BCUT2D eigenvalue weighted by Crippen LogP contribution is 2.16. The Balaban J connectivity index is 2.54. The van der Waals surface area contributed by atoms with E-state index in [1.165, 1.54) is 31.4 Å². The van der Waals surface area contributed by atoms with E-state index >= 15 is 0 Å². The number of esters is 1. The summed E-state index contributed by atoms with van der Waals surface area (Å²) in [6.45, 7) is -1.14. The number of hydrogen-bond acceptors (Lipinski definition) is 4. The van der Waals surface area contributed by atoms with Gasteiger partial charge in [-0.3, -0.25) is 9.53 Å². The molecule has 0 aliphatic heterocycles. The third-order valence-corrected chi connectivity index (χ3v) is 1.96. The smallest absolute Gasteiger partial charge is 0.465 e. The lowest BCUT2D eigenvalue weighted by molar-refractivity contribution is -0.320. The number of nitrogens with one attached hydrogen (secondary N) is 1. The summed E-state index contributed by atoms with van der Waals surface area (Å²) in [5.41, 5.74) is 0.496. The van der Waals surface area contributed by atoms with Crippen LogP contribution < -0.4 is 5.32 Å². The van der Waals surface area contributed by atoms with Crippen molar-refractivity contribution in [2.24, 2.45) is 0 Å². The monoisotopic (exact) mass is 277 g/mol. The van der Waals surface area contributed by atoms with Gasteiger partial charge in [-0.2, -0.15) is 0 Å². The van der Waals surface area contributed by atoms with E-state index in [-0.39, 0.29) is 11.3 Å². The number of carbonyl (C=O) groups excluding carboxylic acids is 2. The fraction of sp³-hybridized carbons (Fsp3) is 0.273. The number of halogens is 3. The van der Waals surface area contributed by atoms with E-state index in [1.807, 2.05) is 0 Å². The Morgan fingerprint density at radius 2 is 1.79 bits per heavy atom. The van der Waals surface area contributed by atoms with Crippen LogP contribution in [0.2, 0.25) is 0 Å². The lowest BCUT2D eigenvalue weighted by Gasteiger charge is -2.08. The second-order valence-electron chi connectivity index (χ2n) is 3.35. The predicted molar refractivity (Wildman–Crippen MR) is 58.4 cm³/mol. The molecule has 104 valence electrons. The van der Waals surface area contributed by atoms with E-state index in [1.54, 1.807) is 0 Å². The number of carbonyl (C=O) groups is 2. The average Bonchev–Trinajstić information content (AvgIpc) is 2.35. The normalized spacial score (nSPS) is 10.9. The van der Waals surface area contributed by atoms with Gasteiger partial charge in [0.15, 0.2) is 0 Å². The van der Waals surface area contributed by atoms with Gasteiger partial charge in [0.2, 0.25) is 0 Å². The van der Waals surface area contributed by atoms with Gasteiger partial charge in [-0.05, 0) is 24.3 Å². The molecule has 0 aliphatic carbocycles. The van der Waals surface area contributed by atoms with Crippen LogP contribution in [0.1, 0.15) is 10.4 Å². The minimum absolute atomic E-state index is 0.239. The van der Waals surface area contributed by atoms with Gasteiger partial charge in [0.25, 0.3) is 5.91 Å². The van der Waals surface area contributed by atoms with Crippen molar-refractivity contribution < 1.29 is 32.2 Å². The number of methoxy groups -OCH3 is 1. The molecule has 5 nitrogen and oxygen atoms in total. The molecule has 19 heavy (non-hydrogen) atoms. The summed E-state index contributed by atoms with van der Waals surface area (Å²) in [4.78, 5) is 22.2. The van der Waals surface area contributed by atoms with Crippen molar-refractivity contribution in [1.82, 2.24) is 0 Å². The van der Waals surface area contributed by atoms with Gasteiger partial charge in [0.1, 0.15) is 6.61 Å². The Labute approximate surface area is 106 Å². The molecule has 0 saturated carbocycles. The van der Waals surface area contributed by atoms with Crippen LogP contribution >= 0.6 is 0 Å². The first-order valence-electron chi connectivity index (χ1n) is 5.01. The predicted octanol–water partition coefficient (Wildman–Crippen LogP) is 1.95. The van der Waals surface area contributed by atoms with E-state index < -0.39 is 24.8 Å². The summed E-state index contributed by atoms with van der Waals surface area (Å²) in [7, 11) is 1.21. The SMILES string of the molecule is COC(=O)c1ccc(NC(=O)COC(F)(F)F)cc1. The first-order chi connectivity index (χ1) is 8.81. The zero-order valence-electron chi connectivity index (χ0n) is 9.78. The maximum absolute atomic E-state index is 11.7. The summed E-state index contributed by atoms with van der Waals surface area (Å²) in [6.07, 6.45) is -4.86. The highest BCUT2D eigenvalue weighted by molar-refractivity contribution is 5.93. The minimum Gasteiger partial charge on any atom is -0.465 e. The van der Waals surface area contributed by atoms with Gasteiger partial charge in [-0.25, -0.2) is 4.79 Å². The number of hydrogen-bond donors (Lipinski definition) is 1. The highest BCUT2D eigenvalue weighted by Gasteiger charge is 2.30. The van der Waals surface area contributed by atoms with Gasteiger partial charge in [0.05, 0.1) is 12.7 Å². The van der Waals surface area contributed by atoms with E-state index in [0.29, 0.717) is 0 Å². The second kappa shape index (κ2) is 6.19. The molecule has 1 amide bonds. The maximum Gasteiger partial charge on any atom is 0.523 e. The minimum atomic E-state index is -4.86. The second-order valence-corrected chi connectivity index (χ2v) is 3.35. The van der Waals surface area contributed by atoms with Gasteiger partial charge in [0, 0.05) is 5.69 Å². The average molecular weight is 277 g/mol. The maximum atomic E-state index is 11.7. The van der Waals surface area contributed by atoms with Crippen molar-refractivity contribution in [1.29, 1.82) is 0 Å². The Morgan fingerprint density at radius 1 is 1.21 bits per heavy atom. The Bertz CT molecular complexity index is 456. The molecular formula is C11H10F3NO4. The number of rotatable bonds is 4. The molecule has 1 aromatic rings. The molecule has 1 aromatic carbocycles. The van der Waals surface area contributed by atoms with Crippen molar-refractivity contribution in [2.45, 2.75) is 6.36 Å². The van der Waals surface area contributed by atoms with Crippen molar-refractivity contribution in [3.8, 4) is 0 Å². The summed E-state index contributed by atoms with van der Waals surface area (Å²) in [5.74, 6) is -1.51. The molecule has 0 saturated heterocycles. The largest absolute Gasteiger partial charge is 0.523 e. The van der Waals surface area contributed by atoms with Crippen molar-refractivity contribution in [2.75, 3.05) is 19.0 Å². The van der Waals surface area contributed by atoms with Crippen LogP contribution in [0.5, 0.6) is 0 Å². The van der Waals surface area contributed by atoms with Crippen LogP contribution in [0.15, 0.2) is 24.3 Å². The first kappa shape index (κ1) is 15.0. The molecule has 0 radical (unpaired) electrons. The molecule has 0 fully saturated rings. The molecule has 8 heteroatoms.